The molecule has 0 aliphatic carbocycles. The van der Waals surface area contributed by atoms with Crippen LogP contribution in [0, 0.1) is 0 Å². The second kappa shape index (κ2) is 4.67. The lowest BCUT2D eigenvalue weighted by atomic mass is 10.2. The van der Waals surface area contributed by atoms with Crippen LogP contribution in [0.1, 0.15) is 5.56 Å². The molecule has 0 bridgehead atoms. The zero-order chi connectivity index (χ0) is 6.97. The summed E-state index contributed by atoms with van der Waals surface area (Å²) in [5.74, 6) is 0. The number of hydrogen-bond donors (Lipinski definition) is 2. The Balaban J connectivity index is 0.000000605. The molecular formula is C7H10Br2N2O. The van der Waals surface area contributed by atoms with Crippen molar-refractivity contribution in [2.24, 2.45) is 0 Å². The molecule has 1 aromatic rings. The normalized spacial score (nSPS) is 12.0. The van der Waals surface area contributed by atoms with E-state index >= 15 is 0 Å². The first kappa shape index (κ1) is 11.7. The number of hydrogen-bond acceptors (Lipinski definition) is 2. The van der Waals surface area contributed by atoms with Crippen molar-refractivity contribution >= 4 is 39.7 Å². The van der Waals surface area contributed by atoms with Gasteiger partial charge in [0.2, 0.25) is 5.56 Å². The minimum Gasteiger partial charge on any atom is -0.383 e. The van der Waals surface area contributed by atoms with Crippen LogP contribution >= 0.6 is 34.0 Å². The maximum atomic E-state index is 10.7. The molecule has 0 atom stereocenters. The minimum absolute atomic E-state index is 0. The fourth-order valence-corrected chi connectivity index (χ4v) is 1.22. The van der Waals surface area contributed by atoms with Gasteiger partial charge in [-0.05, 0) is 12.0 Å². The first-order valence-corrected chi connectivity index (χ1v) is 3.32. The summed E-state index contributed by atoms with van der Waals surface area (Å²) in [5, 5.41) is 3.16. The summed E-state index contributed by atoms with van der Waals surface area (Å²) < 4.78 is 0. The van der Waals surface area contributed by atoms with E-state index in [9.17, 15) is 4.79 Å². The SMILES string of the molecule is Br.Br.O=c1cc2c(c[nH]1)NCC2. The maximum Gasteiger partial charge on any atom is 0.248 e. The Kier molecular flexibility index (Phi) is 4.55. The quantitative estimate of drug-likeness (QED) is 0.762. The number of aromatic nitrogens is 1. The first-order chi connectivity index (χ1) is 4.86. The van der Waals surface area contributed by atoms with Gasteiger partial charge in [-0.2, -0.15) is 0 Å². The number of pyridine rings is 1. The van der Waals surface area contributed by atoms with Gasteiger partial charge >= 0.3 is 0 Å². The van der Waals surface area contributed by atoms with E-state index in [4.69, 9.17) is 0 Å². The molecule has 0 saturated carbocycles. The predicted molar refractivity (Wildman–Crippen MR) is 59.9 cm³/mol. The molecule has 68 valence electrons. The summed E-state index contributed by atoms with van der Waals surface area (Å²) in [6, 6.07) is 1.65. The van der Waals surface area contributed by atoms with Crippen LogP contribution in [0.2, 0.25) is 0 Å². The van der Waals surface area contributed by atoms with Crippen LogP contribution in [-0.2, 0) is 6.42 Å². The molecule has 5 heteroatoms. The summed E-state index contributed by atoms with van der Waals surface area (Å²) in [6.07, 6.45) is 2.70. The van der Waals surface area contributed by atoms with Gasteiger partial charge in [-0.25, -0.2) is 0 Å². The molecule has 2 rings (SSSR count). The molecule has 1 aliphatic rings. The Morgan fingerprint density at radius 1 is 1.33 bits per heavy atom. The van der Waals surface area contributed by atoms with Crippen molar-refractivity contribution in [2.75, 3.05) is 11.9 Å². The second-order valence-electron chi connectivity index (χ2n) is 2.41. The van der Waals surface area contributed by atoms with Gasteiger partial charge in [-0.3, -0.25) is 4.79 Å². The van der Waals surface area contributed by atoms with Gasteiger partial charge in [0.1, 0.15) is 0 Å². The van der Waals surface area contributed by atoms with Gasteiger partial charge < -0.3 is 10.3 Å². The monoisotopic (exact) mass is 296 g/mol. The molecule has 3 nitrogen and oxygen atoms in total. The van der Waals surface area contributed by atoms with E-state index in [2.05, 4.69) is 10.3 Å². The van der Waals surface area contributed by atoms with Crippen LogP contribution in [0.5, 0.6) is 0 Å². The Hall–Kier alpha value is -0.290. The van der Waals surface area contributed by atoms with Gasteiger partial charge in [-0.15, -0.1) is 34.0 Å². The van der Waals surface area contributed by atoms with Crippen LogP contribution in [0.25, 0.3) is 0 Å². The van der Waals surface area contributed by atoms with Crippen molar-refractivity contribution in [2.45, 2.75) is 6.42 Å². The fourth-order valence-electron chi connectivity index (χ4n) is 1.22. The lowest BCUT2D eigenvalue weighted by Gasteiger charge is -1.94. The molecule has 2 N–H and O–H groups in total. The van der Waals surface area contributed by atoms with Crippen molar-refractivity contribution in [3.05, 3.63) is 28.2 Å². The van der Waals surface area contributed by atoms with Gasteiger partial charge in [0.05, 0.1) is 5.69 Å². The van der Waals surface area contributed by atoms with Gasteiger partial charge in [-0.1, -0.05) is 0 Å². The van der Waals surface area contributed by atoms with E-state index in [1.165, 1.54) is 0 Å². The third-order valence-electron chi connectivity index (χ3n) is 1.72. The number of halogens is 2. The zero-order valence-electron chi connectivity index (χ0n) is 6.29. The van der Waals surface area contributed by atoms with Crippen LogP contribution in [0.3, 0.4) is 0 Å². The Labute approximate surface area is 91.1 Å². The highest BCUT2D eigenvalue weighted by Gasteiger charge is 2.08. The van der Waals surface area contributed by atoms with E-state index in [-0.39, 0.29) is 39.5 Å². The molecule has 0 unspecified atom stereocenters. The summed E-state index contributed by atoms with van der Waals surface area (Å²) >= 11 is 0. The molecule has 0 amide bonds. The van der Waals surface area contributed by atoms with Crippen LogP contribution in [-0.4, -0.2) is 11.5 Å². The maximum absolute atomic E-state index is 10.7. The molecule has 12 heavy (non-hydrogen) atoms. The summed E-state index contributed by atoms with van der Waals surface area (Å²) in [7, 11) is 0. The Morgan fingerprint density at radius 2 is 2.08 bits per heavy atom. The number of rotatable bonds is 0. The van der Waals surface area contributed by atoms with E-state index < -0.39 is 0 Å². The Morgan fingerprint density at radius 3 is 2.83 bits per heavy atom. The molecule has 1 aromatic heterocycles. The smallest absolute Gasteiger partial charge is 0.248 e. The van der Waals surface area contributed by atoms with Crippen molar-refractivity contribution in [1.29, 1.82) is 0 Å². The lowest BCUT2D eigenvalue weighted by molar-refractivity contribution is 1.10. The van der Waals surface area contributed by atoms with Crippen LogP contribution < -0.4 is 10.9 Å². The van der Waals surface area contributed by atoms with Gasteiger partial charge in [0, 0.05) is 18.8 Å². The largest absolute Gasteiger partial charge is 0.383 e. The highest BCUT2D eigenvalue weighted by molar-refractivity contribution is 8.93. The van der Waals surface area contributed by atoms with E-state index in [0.717, 1.165) is 24.2 Å². The fraction of sp³-hybridized carbons (Fsp3) is 0.286. The molecule has 2 heterocycles. The summed E-state index contributed by atoms with van der Waals surface area (Å²) in [6.45, 7) is 0.951. The number of fused-ring (bicyclic) bond motifs is 1. The molecule has 0 saturated heterocycles. The van der Waals surface area contributed by atoms with Gasteiger partial charge in [0.15, 0.2) is 0 Å². The highest BCUT2D eigenvalue weighted by Crippen LogP contribution is 2.17. The van der Waals surface area contributed by atoms with Gasteiger partial charge in [0.25, 0.3) is 0 Å². The third-order valence-corrected chi connectivity index (χ3v) is 1.72. The average molecular weight is 298 g/mol. The summed E-state index contributed by atoms with van der Waals surface area (Å²) in [5.41, 5.74) is 2.19. The van der Waals surface area contributed by atoms with E-state index in [0.29, 0.717) is 0 Å². The third kappa shape index (κ3) is 2.10. The predicted octanol–water partition coefficient (Wildman–Crippen LogP) is 1.50. The van der Waals surface area contributed by atoms with Crippen molar-refractivity contribution in [3.8, 4) is 0 Å². The molecule has 0 spiro atoms. The number of nitrogens with one attached hydrogen (secondary N) is 2. The topological polar surface area (TPSA) is 44.9 Å². The minimum atomic E-state index is -0.0116. The zero-order valence-corrected chi connectivity index (χ0v) is 9.72. The number of anilines is 1. The Bertz CT molecular complexity index is 311. The van der Waals surface area contributed by atoms with Crippen molar-refractivity contribution in [1.82, 2.24) is 4.98 Å². The number of aromatic amines is 1. The van der Waals surface area contributed by atoms with E-state index in [1.807, 2.05) is 0 Å². The standard InChI is InChI=1S/C7H8N2O.2BrH/c10-7-3-5-1-2-8-6(5)4-9-7;;/h3-4,8H,1-2H2,(H,9,10);2*1H. The van der Waals surface area contributed by atoms with Crippen LogP contribution in [0.15, 0.2) is 17.1 Å². The molecule has 1 aliphatic heterocycles. The number of H-pyrrole nitrogens is 1. The van der Waals surface area contributed by atoms with Crippen molar-refractivity contribution in [3.63, 3.8) is 0 Å². The lowest BCUT2D eigenvalue weighted by Crippen LogP contribution is -2.03. The first-order valence-electron chi connectivity index (χ1n) is 3.32. The molecule has 0 radical (unpaired) electrons. The van der Waals surface area contributed by atoms with E-state index in [1.54, 1.807) is 12.3 Å². The second-order valence-corrected chi connectivity index (χ2v) is 2.41. The molecule has 0 aromatic carbocycles. The van der Waals surface area contributed by atoms with Crippen molar-refractivity contribution < 1.29 is 0 Å². The average Bonchev–Trinajstić information content (AvgIpc) is 2.33. The van der Waals surface area contributed by atoms with Crippen LogP contribution in [0.4, 0.5) is 5.69 Å². The summed E-state index contributed by atoms with van der Waals surface area (Å²) in [4.78, 5) is 13.4. The highest BCUT2D eigenvalue weighted by atomic mass is 79.9. The molecule has 0 fully saturated rings. The molecular weight excluding hydrogens is 288 g/mol.